The first-order valence-electron chi connectivity index (χ1n) is 7.37. The second kappa shape index (κ2) is 8.22. The number of Topliss-reactive ketones (excluding diaryl/α,β-unsaturated/α-hetero) is 2. The summed E-state index contributed by atoms with van der Waals surface area (Å²) < 4.78 is 5.03. The number of rotatable bonds is 8. The third-order valence-electron chi connectivity index (χ3n) is 3.70. The molecule has 1 rings (SSSR count). The summed E-state index contributed by atoms with van der Waals surface area (Å²) in [6.07, 6.45) is 3.14. The van der Waals surface area contributed by atoms with Gasteiger partial charge in [0.15, 0.2) is 5.78 Å². The third-order valence-corrected chi connectivity index (χ3v) is 3.70. The van der Waals surface area contributed by atoms with Crippen molar-refractivity contribution in [3.8, 4) is 0 Å². The summed E-state index contributed by atoms with van der Waals surface area (Å²) >= 11 is 0. The first kappa shape index (κ1) is 18.6. The molecule has 1 atom stereocenters. The summed E-state index contributed by atoms with van der Waals surface area (Å²) in [5.74, 6) is -1.17. The van der Waals surface area contributed by atoms with Crippen molar-refractivity contribution in [2.24, 2.45) is 5.41 Å². The number of benzene rings is 1. The zero-order chi connectivity index (χ0) is 17.5. The SMILES string of the molecule is C=CCOC(=O)C(C)(C/C(=C\c1ccccc1)C(C)=O)C(C)=O. The minimum absolute atomic E-state index is 0.00252. The van der Waals surface area contributed by atoms with E-state index in [9.17, 15) is 14.4 Å². The molecule has 0 heterocycles. The van der Waals surface area contributed by atoms with Crippen molar-refractivity contribution in [2.45, 2.75) is 27.2 Å². The number of allylic oxidation sites excluding steroid dienone is 1. The van der Waals surface area contributed by atoms with Crippen LogP contribution in [0.5, 0.6) is 0 Å². The lowest BCUT2D eigenvalue weighted by Gasteiger charge is -2.25. The summed E-state index contributed by atoms with van der Waals surface area (Å²) in [6.45, 7) is 7.76. The fourth-order valence-electron chi connectivity index (χ4n) is 2.04. The van der Waals surface area contributed by atoms with Crippen molar-refractivity contribution in [1.29, 1.82) is 0 Å². The van der Waals surface area contributed by atoms with E-state index in [1.165, 1.54) is 26.8 Å². The molecule has 0 spiro atoms. The van der Waals surface area contributed by atoms with E-state index in [1.807, 2.05) is 30.3 Å². The predicted molar refractivity (Wildman–Crippen MR) is 89.7 cm³/mol. The Balaban J connectivity index is 3.14. The van der Waals surface area contributed by atoms with Crippen molar-refractivity contribution in [3.05, 3.63) is 54.1 Å². The molecule has 122 valence electrons. The molecule has 0 aliphatic heterocycles. The van der Waals surface area contributed by atoms with E-state index < -0.39 is 11.4 Å². The van der Waals surface area contributed by atoms with Crippen molar-refractivity contribution >= 4 is 23.6 Å². The second-order valence-electron chi connectivity index (χ2n) is 5.59. The average molecular weight is 314 g/mol. The molecule has 0 amide bonds. The van der Waals surface area contributed by atoms with Crippen LogP contribution in [0.1, 0.15) is 32.8 Å². The Morgan fingerprint density at radius 2 is 1.78 bits per heavy atom. The zero-order valence-electron chi connectivity index (χ0n) is 13.8. The van der Waals surface area contributed by atoms with E-state index in [0.717, 1.165) is 5.56 Å². The molecule has 0 fully saturated rings. The Kier molecular flexibility index (Phi) is 6.64. The zero-order valence-corrected chi connectivity index (χ0v) is 13.8. The molecular weight excluding hydrogens is 292 g/mol. The van der Waals surface area contributed by atoms with Gasteiger partial charge in [0.2, 0.25) is 0 Å². The first-order valence-corrected chi connectivity index (χ1v) is 7.37. The molecule has 0 aliphatic rings. The smallest absolute Gasteiger partial charge is 0.319 e. The normalized spacial score (nSPS) is 13.8. The van der Waals surface area contributed by atoms with Crippen LogP contribution >= 0.6 is 0 Å². The van der Waals surface area contributed by atoms with E-state index in [2.05, 4.69) is 6.58 Å². The maximum atomic E-state index is 12.2. The summed E-state index contributed by atoms with van der Waals surface area (Å²) in [5, 5.41) is 0. The topological polar surface area (TPSA) is 60.4 Å². The molecule has 1 unspecified atom stereocenters. The lowest BCUT2D eigenvalue weighted by molar-refractivity contribution is -0.157. The minimum atomic E-state index is -1.39. The minimum Gasteiger partial charge on any atom is -0.461 e. The van der Waals surface area contributed by atoms with Gasteiger partial charge in [-0.1, -0.05) is 43.0 Å². The lowest BCUT2D eigenvalue weighted by atomic mass is 9.79. The van der Waals surface area contributed by atoms with Gasteiger partial charge >= 0.3 is 5.97 Å². The van der Waals surface area contributed by atoms with Gasteiger partial charge in [-0.3, -0.25) is 14.4 Å². The Labute approximate surface area is 136 Å². The van der Waals surface area contributed by atoms with E-state index in [1.54, 1.807) is 6.08 Å². The molecule has 4 heteroatoms. The van der Waals surface area contributed by atoms with E-state index >= 15 is 0 Å². The molecule has 0 radical (unpaired) electrons. The molecule has 0 N–H and O–H groups in total. The van der Waals surface area contributed by atoms with Crippen molar-refractivity contribution in [2.75, 3.05) is 6.61 Å². The van der Waals surface area contributed by atoms with Crippen LogP contribution < -0.4 is 0 Å². The average Bonchev–Trinajstić information content (AvgIpc) is 2.52. The largest absolute Gasteiger partial charge is 0.461 e. The summed E-state index contributed by atoms with van der Waals surface area (Å²) in [5.41, 5.74) is -0.150. The fourth-order valence-corrected chi connectivity index (χ4v) is 2.04. The molecule has 0 aromatic heterocycles. The Morgan fingerprint density at radius 3 is 2.26 bits per heavy atom. The van der Waals surface area contributed by atoms with E-state index in [4.69, 9.17) is 4.74 Å². The van der Waals surface area contributed by atoms with Gasteiger partial charge in [0.05, 0.1) is 0 Å². The van der Waals surface area contributed by atoms with Gasteiger partial charge in [-0.25, -0.2) is 0 Å². The molecule has 23 heavy (non-hydrogen) atoms. The Hall–Kier alpha value is -2.49. The molecule has 1 aromatic rings. The highest BCUT2D eigenvalue weighted by Gasteiger charge is 2.41. The van der Waals surface area contributed by atoms with Crippen molar-refractivity contribution < 1.29 is 19.1 Å². The van der Waals surface area contributed by atoms with Gasteiger partial charge in [0.25, 0.3) is 0 Å². The van der Waals surface area contributed by atoms with Gasteiger partial charge in [-0.2, -0.15) is 0 Å². The number of ether oxygens (including phenoxy) is 1. The van der Waals surface area contributed by atoms with Crippen LogP contribution in [0, 0.1) is 5.41 Å². The maximum Gasteiger partial charge on any atom is 0.319 e. The quantitative estimate of drug-likeness (QED) is 0.319. The van der Waals surface area contributed by atoms with Gasteiger partial charge in [-0.05, 0) is 44.4 Å². The van der Waals surface area contributed by atoms with Crippen LogP contribution in [0.3, 0.4) is 0 Å². The van der Waals surface area contributed by atoms with E-state index in [-0.39, 0.29) is 24.6 Å². The van der Waals surface area contributed by atoms with Crippen molar-refractivity contribution in [1.82, 2.24) is 0 Å². The highest BCUT2D eigenvalue weighted by molar-refractivity contribution is 6.05. The van der Waals surface area contributed by atoms with Gasteiger partial charge in [0, 0.05) is 0 Å². The second-order valence-corrected chi connectivity index (χ2v) is 5.59. The molecule has 0 saturated heterocycles. The number of carbonyl (C=O) groups is 3. The molecule has 4 nitrogen and oxygen atoms in total. The van der Waals surface area contributed by atoms with Crippen LogP contribution in [0.2, 0.25) is 0 Å². The number of hydrogen-bond acceptors (Lipinski definition) is 4. The highest BCUT2D eigenvalue weighted by atomic mass is 16.5. The number of ketones is 2. The van der Waals surface area contributed by atoms with Crippen LogP contribution in [0.4, 0.5) is 0 Å². The number of carbonyl (C=O) groups excluding carboxylic acids is 3. The van der Waals surface area contributed by atoms with Crippen LogP contribution in [0.15, 0.2) is 48.6 Å². The molecule has 1 aromatic carbocycles. The summed E-state index contributed by atoms with van der Waals surface area (Å²) in [6, 6.07) is 9.28. The van der Waals surface area contributed by atoms with Gasteiger partial charge < -0.3 is 4.74 Å². The first-order chi connectivity index (χ1) is 10.8. The van der Waals surface area contributed by atoms with Crippen LogP contribution in [0.25, 0.3) is 6.08 Å². The summed E-state index contributed by atoms with van der Waals surface area (Å²) in [7, 11) is 0. The standard InChI is InChI=1S/C19H22O4/c1-5-11-23-18(22)19(4,15(3)21)13-17(14(2)20)12-16-9-7-6-8-10-16/h5-10,12H,1,11,13H2,2-4H3/b17-12+. The van der Waals surface area contributed by atoms with Crippen LogP contribution in [-0.4, -0.2) is 24.1 Å². The van der Waals surface area contributed by atoms with Gasteiger partial charge in [0.1, 0.15) is 17.8 Å². The third kappa shape index (κ3) is 5.02. The monoisotopic (exact) mass is 314 g/mol. The fraction of sp³-hybridized carbons (Fsp3) is 0.316. The van der Waals surface area contributed by atoms with Crippen molar-refractivity contribution in [3.63, 3.8) is 0 Å². The Morgan fingerprint density at radius 1 is 1.17 bits per heavy atom. The Bertz CT molecular complexity index is 628. The predicted octanol–water partition coefficient (Wildman–Crippen LogP) is 3.37. The molecular formula is C19H22O4. The van der Waals surface area contributed by atoms with E-state index in [0.29, 0.717) is 5.57 Å². The number of hydrogen-bond donors (Lipinski definition) is 0. The lowest BCUT2D eigenvalue weighted by Crippen LogP contribution is -2.37. The number of esters is 1. The highest BCUT2D eigenvalue weighted by Crippen LogP contribution is 2.30. The van der Waals surface area contributed by atoms with Gasteiger partial charge in [-0.15, -0.1) is 0 Å². The molecule has 0 aliphatic carbocycles. The molecule has 0 bridgehead atoms. The summed E-state index contributed by atoms with van der Waals surface area (Å²) in [4.78, 5) is 36.2. The maximum absolute atomic E-state index is 12.2. The molecule has 0 saturated carbocycles. The van der Waals surface area contributed by atoms with Crippen LogP contribution in [-0.2, 0) is 19.1 Å².